The number of nitrogens with one attached hydrogen (secondary N) is 2. The summed E-state index contributed by atoms with van der Waals surface area (Å²) in [6.07, 6.45) is 6.16. The molecule has 27 heavy (non-hydrogen) atoms. The number of aliphatic imine (C=N–C) groups is 1. The van der Waals surface area contributed by atoms with Gasteiger partial charge < -0.3 is 20.1 Å². The maximum Gasteiger partial charge on any atom is 0.191 e. The summed E-state index contributed by atoms with van der Waals surface area (Å²) in [6, 6.07) is 0. The van der Waals surface area contributed by atoms with E-state index in [2.05, 4.69) is 39.6 Å². The minimum atomic E-state index is 0. The number of aromatic nitrogens is 3. The van der Waals surface area contributed by atoms with Crippen LogP contribution in [0.3, 0.4) is 0 Å². The van der Waals surface area contributed by atoms with E-state index in [4.69, 9.17) is 4.99 Å². The Morgan fingerprint density at radius 1 is 1.15 bits per heavy atom. The van der Waals surface area contributed by atoms with Gasteiger partial charge in [0.2, 0.25) is 0 Å². The van der Waals surface area contributed by atoms with E-state index in [1.165, 1.54) is 38.9 Å². The molecule has 0 aliphatic carbocycles. The lowest BCUT2D eigenvalue weighted by Gasteiger charge is -2.30. The average molecular weight is 491 g/mol. The maximum atomic E-state index is 4.69. The first-order valence-corrected chi connectivity index (χ1v) is 10.2. The highest BCUT2D eigenvalue weighted by Gasteiger charge is 2.14. The Hall–Kier alpha value is -0.900. The van der Waals surface area contributed by atoms with Gasteiger partial charge in [0.1, 0.15) is 12.4 Å². The van der Waals surface area contributed by atoms with Crippen molar-refractivity contribution in [3.05, 3.63) is 11.6 Å². The van der Waals surface area contributed by atoms with Crippen LogP contribution in [0.15, 0.2) is 4.99 Å². The number of aryl methyl sites for hydroxylation is 1. The molecule has 1 aliphatic heterocycles. The van der Waals surface area contributed by atoms with Crippen molar-refractivity contribution < 1.29 is 0 Å². The second-order valence-corrected chi connectivity index (χ2v) is 7.47. The van der Waals surface area contributed by atoms with E-state index in [-0.39, 0.29) is 24.0 Å². The van der Waals surface area contributed by atoms with Crippen LogP contribution in [0.4, 0.5) is 0 Å². The standard InChI is InChI=1S/C19H37N7.HI/c1-5-6-10-20-19(22-15-18-24-23-17(3)25(18)4)21-11-7-12-26-13-8-16(2)9-14-26;/h16H,5-15H2,1-4H3,(H2,20,21,22);1H. The fourth-order valence-electron chi connectivity index (χ4n) is 3.09. The fraction of sp³-hybridized carbons (Fsp3) is 0.842. The Kier molecular flexibility index (Phi) is 11.9. The Labute approximate surface area is 181 Å². The van der Waals surface area contributed by atoms with Crippen LogP contribution < -0.4 is 10.6 Å². The number of guanidine groups is 1. The molecule has 1 aliphatic rings. The van der Waals surface area contributed by atoms with Crippen molar-refractivity contribution in [3.63, 3.8) is 0 Å². The Balaban J connectivity index is 0.00000364. The Bertz CT molecular complexity index is 550. The zero-order chi connectivity index (χ0) is 18.8. The van der Waals surface area contributed by atoms with E-state index < -0.39 is 0 Å². The van der Waals surface area contributed by atoms with Gasteiger partial charge in [-0.05, 0) is 58.2 Å². The number of rotatable bonds is 9. The van der Waals surface area contributed by atoms with Gasteiger partial charge in [-0.3, -0.25) is 0 Å². The van der Waals surface area contributed by atoms with Gasteiger partial charge in [0.15, 0.2) is 11.8 Å². The van der Waals surface area contributed by atoms with E-state index in [1.807, 2.05) is 18.5 Å². The van der Waals surface area contributed by atoms with Crippen LogP contribution >= 0.6 is 24.0 Å². The fourth-order valence-corrected chi connectivity index (χ4v) is 3.09. The molecule has 0 bridgehead atoms. The molecule has 0 radical (unpaired) electrons. The molecular weight excluding hydrogens is 453 g/mol. The number of hydrogen-bond acceptors (Lipinski definition) is 4. The van der Waals surface area contributed by atoms with Gasteiger partial charge in [0.25, 0.3) is 0 Å². The van der Waals surface area contributed by atoms with Crippen molar-refractivity contribution in [3.8, 4) is 0 Å². The summed E-state index contributed by atoms with van der Waals surface area (Å²) in [5, 5.41) is 15.2. The average Bonchev–Trinajstić information content (AvgIpc) is 2.96. The number of likely N-dealkylation sites (tertiary alicyclic amines) is 1. The molecule has 2 heterocycles. The number of nitrogens with zero attached hydrogens (tertiary/aromatic N) is 5. The lowest BCUT2D eigenvalue weighted by Crippen LogP contribution is -2.40. The van der Waals surface area contributed by atoms with Crippen LogP contribution in [-0.4, -0.2) is 58.3 Å². The topological polar surface area (TPSA) is 70.4 Å². The Morgan fingerprint density at radius 2 is 1.81 bits per heavy atom. The largest absolute Gasteiger partial charge is 0.356 e. The first-order chi connectivity index (χ1) is 12.6. The molecule has 1 saturated heterocycles. The molecule has 1 fully saturated rings. The predicted molar refractivity (Wildman–Crippen MR) is 123 cm³/mol. The summed E-state index contributed by atoms with van der Waals surface area (Å²) >= 11 is 0. The number of halogens is 1. The normalized spacial score (nSPS) is 16.2. The molecule has 0 saturated carbocycles. The first kappa shape index (κ1) is 24.1. The van der Waals surface area contributed by atoms with Crippen LogP contribution in [-0.2, 0) is 13.6 Å². The van der Waals surface area contributed by atoms with E-state index in [9.17, 15) is 0 Å². The summed E-state index contributed by atoms with van der Waals surface area (Å²) in [4.78, 5) is 7.28. The first-order valence-electron chi connectivity index (χ1n) is 10.2. The van der Waals surface area contributed by atoms with Crippen molar-refractivity contribution >= 4 is 29.9 Å². The molecule has 1 aromatic rings. The van der Waals surface area contributed by atoms with Crippen molar-refractivity contribution in [2.75, 3.05) is 32.7 Å². The maximum absolute atomic E-state index is 4.69. The van der Waals surface area contributed by atoms with Crippen LogP contribution in [0.25, 0.3) is 0 Å². The summed E-state index contributed by atoms with van der Waals surface area (Å²) in [7, 11) is 1.98. The zero-order valence-electron chi connectivity index (χ0n) is 17.5. The van der Waals surface area contributed by atoms with Gasteiger partial charge >= 0.3 is 0 Å². The van der Waals surface area contributed by atoms with Crippen LogP contribution in [0, 0.1) is 12.8 Å². The molecule has 0 atom stereocenters. The van der Waals surface area contributed by atoms with Crippen molar-refractivity contribution in [2.24, 2.45) is 18.0 Å². The summed E-state index contributed by atoms with van der Waals surface area (Å²) in [6.45, 7) is 12.6. The highest BCUT2D eigenvalue weighted by Crippen LogP contribution is 2.15. The highest BCUT2D eigenvalue weighted by molar-refractivity contribution is 14.0. The molecule has 0 unspecified atom stereocenters. The van der Waals surface area contributed by atoms with Gasteiger partial charge in [-0.2, -0.15) is 0 Å². The van der Waals surface area contributed by atoms with Crippen molar-refractivity contribution in [1.82, 2.24) is 30.3 Å². The monoisotopic (exact) mass is 491 g/mol. The number of hydrogen-bond donors (Lipinski definition) is 2. The van der Waals surface area contributed by atoms with Crippen LogP contribution in [0.2, 0.25) is 0 Å². The van der Waals surface area contributed by atoms with Gasteiger partial charge in [0, 0.05) is 20.1 Å². The minimum Gasteiger partial charge on any atom is -0.356 e. The summed E-state index contributed by atoms with van der Waals surface area (Å²) in [5.74, 6) is 3.59. The van der Waals surface area contributed by atoms with Crippen molar-refractivity contribution in [2.45, 2.75) is 59.4 Å². The van der Waals surface area contributed by atoms with Crippen molar-refractivity contribution in [1.29, 1.82) is 0 Å². The second kappa shape index (κ2) is 13.3. The van der Waals surface area contributed by atoms with E-state index in [1.54, 1.807) is 0 Å². The van der Waals surface area contributed by atoms with Crippen LogP contribution in [0.5, 0.6) is 0 Å². The smallest absolute Gasteiger partial charge is 0.191 e. The molecule has 7 nitrogen and oxygen atoms in total. The van der Waals surface area contributed by atoms with E-state index in [0.29, 0.717) is 6.54 Å². The zero-order valence-corrected chi connectivity index (χ0v) is 19.8. The molecule has 156 valence electrons. The Morgan fingerprint density at radius 3 is 2.41 bits per heavy atom. The third-order valence-electron chi connectivity index (χ3n) is 5.20. The van der Waals surface area contributed by atoms with E-state index >= 15 is 0 Å². The number of piperidine rings is 1. The van der Waals surface area contributed by atoms with Crippen LogP contribution in [0.1, 0.15) is 57.6 Å². The molecule has 0 amide bonds. The van der Waals surface area contributed by atoms with Gasteiger partial charge in [-0.25, -0.2) is 4.99 Å². The summed E-state index contributed by atoms with van der Waals surface area (Å²) in [5.41, 5.74) is 0. The lowest BCUT2D eigenvalue weighted by atomic mass is 9.99. The molecule has 0 spiro atoms. The second-order valence-electron chi connectivity index (χ2n) is 7.47. The molecule has 1 aromatic heterocycles. The van der Waals surface area contributed by atoms with Gasteiger partial charge in [-0.1, -0.05) is 20.3 Å². The third kappa shape index (κ3) is 8.76. The molecule has 0 aromatic carbocycles. The quantitative estimate of drug-likeness (QED) is 0.241. The SMILES string of the molecule is CCCCNC(=NCc1nnc(C)n1C)NCCCN1CCC(C)CC1.I. The third-order valence-corrected chi connectivity index (χ3v) is 5.20. The lowest BCUT2D eigenvalue weighted by molar-refractivity contribution is 0.191. The summed E-state index contributed by atoms with van der Waals surface area (Å²) < 4.78 is 1.99. The molecular formula is C19H38IN7. The highest BCUT2D eigenvalue weighted by atomic mass is 127. The number of unbranched alkanes of at least 4 members (excludes halogenated alkanes) is 1. The van der Waals surface area contributed by atoms with Gasteiger partial charge in [0.05, 0.1) is 0 Å². The predicted octanol–water partition coefficient (Wildman–Crippen LogP) is 2.70. The molecule has 8 heteroatoms. The molecule has 2 N–H and O–H groups in total. The minimum absolute atomic E-state index is 0. The van der Waals surface area contributed by atoms with E-state index in [0.717, 1.165) is 49.5 Å². The molecule has 2 rings (SSSR count). The van der Waals surface area contributed by atoms with Gasteiger partial charge in [-0.15, -0.1) is 34.2 Å².